The maximum atomic E-state index is 11.3. The molecule has 0 saturated carbocycles. The van der Waals surface area contributed by atoms with Gasteiger partial charge in [-0.15, -0.1) is 0 Å². The van der Waals surface area contributed by atoms with Crippen molar-refractivity contribution in [2.45, 2.75) is 32.6 Å². The lowest BCUT2D eigenvalue weighted by atomic mass is 9.98. The molecule has 1 saturated heterocycles. The number of likely N-dealkylation sites (tertiary alicyclic amines) is 1. The van der Waals surface area contributed by atoms with E-state index in [1.54, 1.807) is 0 Å². The minimum absolute atomic E-state index is 0.0359. The fourth-order valence-electron chi connectivity index (χ4n) is 2.00. The Balaban J connectivity index is 2.31. The van der Waals surface area contributed by atoms with E-state index in [-0.39, 0.29) is 11.9 Å². The average molecular weight is 199 g/mol. The highest BCUT2D eigenvalue weighted by molar-refractivity contribution is 5.72. The lowest BCUT2D eigenvalue weighted by Crippen LogP contribution is -2.39. The van der Waals surface area contributed by atoms with Gasteiger partial charge >= 0.3 is 5.97 Å². The van der Waals surface area contributed by atoms with Crippen molar-refractivity contribution in [3.63, 3.8) is 0 Å². The second-order valence-corrected chi connectivity index (χ2v) is 4.02. The van der Waals surface area contributed by atoms with Crippen molar-refractivity contribution in [2.24, 2.45) is 5.92 Å². The standard InChI is InChI=1S/C11H21NO2/c1-3-4-7-12-8-5-6-10(9-12)11(13)14-2/h10H,3-9H2,1-2H3/t10-/m0/s1. The fraction of sp³-hybridized carbons (Fsp3) is 0.909. The number of carbonyl (C=O) groups is 1. The molecule has 0 spiro atoms. The molecule has 0 amide bonds. The molecule has 0 unspecified atom stereocenters. The molecular weight excluding hydrogens is 178 g/mol. The minimum Gasteiger partial charge on any atom is -0.469 e. The van der Waals surface area contributed by atoms with Gasteiger partial charge in [-0.3, -0.25) is 4.79 Å². The van der Waals surface area contributed by atoms with E-state index in [0.717, 1.165) is 32.5 Å². The maximum Gasteiger partial charge on any atom is 0.309 e. The molecule has 0 radical (unpaired) electrons. The number of hydrogen-bond donors (Lipinski definition) is 0. The number of esters is 1. The Labute approximate surface area is 86.4 Å². The molecule has 1 aliphatic heterocycles. The maximum absolute atomic E-state index is 11.3. The number of rotatable bonds is 4. The molecule has 1 rings (SSSR count). The first-order chi connectivity index (χ1) is 6.77. The summed E-state index contributed by atoms with van der Waals surface area (Å²) in [5, 5.41) is 0. The summed E-state index contributed by atoms with van der Waals surface area (Å²) in [4.78, 5) is 13.7. The van der Waals surface area contributed by atoms with E-state index in [1.165, 1.54) is 20.0 Å². The highest BCUT2D eigenvalue weighted by Crippen LogP contribution is 2.17. The van der Waals surface area contributed by atoms with Crippen LogP contribution >= 0.6 is 0 Å². The van der Waals surface area contributed by atoms with Crippen LogP contribution in [0, 0.1) is 5.92 Å². The second kappa shape index (κ2) is 6.02. The SMILES string of the molecule is CCCCN1CCC[C@H](C(=O)OC)C1. The van der Waals surface area contributed by atoms with Gasteiger partial charge in [0.25, 0.3) is 0 Å². The highest BCUT2D eigenvalue weighted by atomic mass is 16.5. The first-order valence-electron chi connectivity index (χ1n) is 5.58. The molecule has 3 heteroatoms. The van der Waals surface area contributed by atoms with Crippen molar-refractivity contribution < 1.29 is 9.53 Å². The summed E-state index contributed by atoms with van der Waals surface area (Å²) in [5.41, 5.74) is 0. The number of piperidine rings is 1. The van der Waals surface area contributed by atoms with E-state index in [1.807, 2.05) is 0 Å². The summed E-state index contributed by atoms with van der Waals surface area (Å²) in [6.45, 7) is 5.37. The molecule has 1 aliphatic rings. The Morgan fingerprint density at radius 2 is 2.36 bits per heavy atom. The first-order valence-corrected chi connectivity index (χ1v) is 5.58. The van der Waals surface area contributed by atoms with Gasteiger partial charge in [0.2, 0.25) is 0 Å². The van der Waals surface area contributed by atoms with Gasteiger partial charge < -0.3 is 9.64 Å². The van der Waals surface area contributed by atoms with Crippen molar-refractivity contribution in [3.05, 3.63) is 0 Å². The molecule has 0 aromatic carbocycles. The van der Waals surface area contributed by atoms with Crippen LogP contribution in [-0.4, -0.2) is 37.6 Å². The van der Waals surface area contributed by atoms with Crippen LogP contribution in [0.1, 0.15) is 32.6 Å². The van der Waals surface area contributed by atoms with Crippen molar-refractivity contribution in [1.82, 2.24) is 4.90 Å². The topological polar surface area (TPSA) is 29.5 Å². The molecule has 0 bridgehead atoms. The predicted molar refractivity (Wildman–Crippen MR) is 56.1 cm³/mol. The summed E-state index contributed by atoms with van der Waals surface area (Å²) < 4.78 is 4.78. The Morgan fingerprint density at radius 3 is 3.00 bits per heavy atom. The zero-order valence-corrected chi connectivity index (χ0v) is 9.29. The van der Waals surface area contributed by atoms with Crippen LogP contribution in [0.3, 0.4) is 0 Å². The Morgan fingerprint density at radius 1 is 1.57 bits per heavy atom. The minimum atomic E-state index is -0.0359. The van der Waals surface area contributed by atoms with Gasteiger partial charge in [-0.2, -0.15) is 0 Å². The normalized spacial score (nSPS) is 23.4. The zero-order chi connectivity index (χ0) is 10.4. The van der Waals surface area contributed by atoms with Crippen molar-refractivity contribution in [1.29, 1.82) is 0 Å². The number of carbonyl (C=O) groups excluding carboxylic acids is 1. The quantitative estimate of drug-likeness (QED) is 0.645. The zero-order valence-electron chi connectivity index (χ0n) is 9.29. The van der Waals surface area contributed by atoms with Gasteiger partial charge in [0, 0.05) is 6.54 Å². The Hall–Kier alpha value is -0.570. The number of ether oxygens (including phenoxy) is 1. The molecule has 0 aliphatic carbocycles. The third-order valence-electron chi connectivity index (χ3n) is 2.87. The van der Waals surface area contributed by atoms with Crippen LogP contribution in [0.25, 0.3) is 0 Å². The molecule has 1 atom stereocenters. The van der Waals surface area contributed by atoms with E-state index in [0.29, 0.717) is 0 Å². The van der Waals surface area contributed by atoms with Gasteiger partial charge in [-0.1, -0.05) is 13.3 Å². The van der Waals surface area contributed by atoms with Gasteiger partial charge in [-0.25, -0.2) is 0 Å². The smallest absolute Gasteiger partial charge is 0.309 e. The molecule has 14 heavy (non-hydrogen) atoms. The van der Waals surface area contributed by atoms with Crippen molar-refractivity contribution >= 4 is 5.97 Å². The summed E-state index contributed by atoms with van der Waals surface area (Å²) in [5.74, 6) is 0.0804. The summed E-state index contributed by atoms with van der Waals surface area (Å²) in [7, 11) is 1.48. The first kappa shape index (κ1) is 11.5. The van der Waals surface area contributed by atoms with Crippen LogP contribution in [-0.2, 0) is 9.53 Å². The van der Waals surface area contributed by atoms with Gasteiger partial charge in [-0.05, 0) is 32.4 Å². The third kappa shape index (κ3) is 3.29. The molecule has 0 aromatic heterocycles. The second-order valence-electron chi connectivity index (χ2n) is 4.02. The Bertz CT molecular complexity index is 182. The van der Waals surface area contributed by atoms with Gasteiger partial charge in [0.1, 0.15) is 0 Å². The van der Waals surface area contributed by atoms with Crippen LogP contribution in [0.15, 0.2) is 0 Å². The van der Waals surface area contributed by atoms with Gasteiger partial charge in [0.05, 0.1) is 13.0 Å². The van der Waals surface area contributed by atoms with E-state index in [9.17, 15) is 4.79 Å². The molecule has 82 valence electrons. The van der Waals surface area contributed by atoms with Crippen molar-refractivity contribution in [3.8, 4) is 0 Å². The van der Waals surface area contributed by atoms with Crippen LogP contribution in [0.2, 0.25) is 0 Å². The number of nitrogens with zero attached hydrogens (tertiary/aromatic N) is 1. The largest absolute Gasteiger partial charge is 0.469 e. The molecular formula is C11H21NO2. The van der Waals surface area contributed by atoms with Crippen LogP contribution in [0.4, 0.5) is 0 Å². The predicted octanol–water partition coefficient (Wildman–Crippen LogP) is 1.67. The number of methoxy groups -OCH3 is 1. The van der Waals surface area contributed by atoms with Crippen molar-refractivity contribution in [2.75, 3.05) is 26.7 Å². The fourth-order valence-corrected chi connectivity index (χ4v) is 2.00. The number of unbranched alkanes of at least 4 members (excludes halogenated alkanes) is 1. The summed E-state index contributed by atoms with van der Waals surface area (Å²) in [6.07, 6.45) is 4.58. The summed E-state index contributed by atoms with van der Waals surface area (Å²) in [6, 6.07) is 0. The molecule has 0 aromatic rings. The molecule has 1 fully saturated rings. The highest BCUT2D eigenvalue weighted by Gasteiger charge is 2.25. The molecule has 0 N–H and O–H groups in total. The molecule has 3 nitrogen and oxygen atoms in total. The Kier molecular flexibility index (Phi) is 4.94. The van der Waals surface area contributed by atoms with Crippen LogP contribution in [0.5, 0.6) is 0 Å². The third-order valence-corrected chi connectivity index (χ3v) is 2.87. The average Bonchev–Trinajstić information content (AvgIpc) is 2.25. The van der Waals surface area contributed by atoms with E-state index in [2.05, 4.69) is 11.8 Å². The van der Waals surface area contributed by atoms with E-state index < -0.39 is 0 Å². The monoisotopic (exact) mass is 199 g/mol. The molecule has 1 heterocycles. The van der Waals surface area contributed by atoms with Gasteiger partial charge in [0.15, 0.2) is 0 Å². The van der Waals surface area contributed by atoms with E-state index >= 15 is 0 Å². The summed E-state index contributed by atoms with van der Waals surface area (Å²) >= 11 is 0. The van der Waals surface area contributed by atoms with E-state index in [4.69, 9.17) is 4.74 Å². The lowest BCUT2D eigenvalue weighted by molar-refractivity contribution is -0.147. The number of hydrogen-bond acceptors (Lipinski definition) is 3. The van der Waals surface area contributed by atoms with Crippen LogP contribution < -0.4 is 0 Å². The lowest BCUT2D eigenvalue weighted by Gasteiger charge is -2.31.